The number of para-hydroxylation sites is 1. The smallest absolute Gasteiger partial charge is 0.314 e. The van der Waals surface area contributed by atoms with Crippen molar-refractivity contribution < 1.29 is 19.7 Å². The maximum Gasteiger partial charge on any atom is 0.314 e. The van der Waals surface area contributed by atoms with Gasteiger partial charge in [-0.3, -0.25) is 4.79 Å². The molecule has 2 N–H and O–H groups in total. The predicted molar refractivity (Wildman–Crippen MR) is 57.5 cm³/mol. The Hall–Kier alpha value is -1.55. The van der Waals surface area contributed by atoms with Gasteiger partial charge in [0.15, 0.2) is 0 Å². The van der Waals surface area contributed by atoms with Crippen molar-refractivity contribution in [3.63, 3.8) is 0 Å². The Kier molecular flexibility index (Phi) is 2.59. The van der Waals surface area contributed by atoms with Gasteiger partial charge in [0.2, 0.25) is 0 Å². The Balaban J connectivity index is 2.46. The molecule has 86 valence electrons. The summed E-state index contributed by atoms with van der Waals surface area (Å²) in [7, 11) is 1.52. The molecule has 0 radical (unpaired) electrons. The van der Waals surface area contributed by atoms with Crippen molar-refractivity contribution in [1.29, 1.82) is 0 Å². The van der Waals surface area contributed by atoms with E-state index in [1.165, 1.54) is 7.11 Å². The number of carboxylic acid groups (broad SMARTS) is 1. The first-order chi connectivity index (χ1) is 7.66. The number of aliphatic carboxylic acids is 1. The van der Waals surface area contributed by atoms with Gasteiger partial charge >= 0.3 is 5.97 Å². The molecule has 0 amide bonds. The van der Waals surface area contributed by atoms with E-state index in [0.29, 0.717) is 17.7 Å². The van der Waals surface area contributed by atoms with Gasteiger partial charge in [-0.1, -0.05) is 18.2 Å². The summed E-state index contributed by atoms with van der Waals surface area (Å²) in [6.07, 6.45) is 0.471. The maximum atomic E-state index is 11.4. The lowest BCUT2D eigenvalue weighted by atomic mass is 9.92. The summed E-state index contributed by atoms with van der Waals surface area (Å²) in [4.78, 5) is 11.4. The van der Waals surface area contributed by atoms with Crippen molar-refractivity contribution in [2.24, 2.45) is 5.92 Å². The quantitative estimate of drug-likeness (QED) is 0.798. The van der Waals surface area contributed by atoms with E-state index in [-0.39, 0.29) is 12.5 Å². The second-order valence-electron chi connectivity index (χ2n) is 4.06. The Labute approximate surface area is 93.5 Å². The number of ether oxygens (including phenoxy) is 1. The van der Waals surface area contributed by atoms with E-state index >= 15 is 0 Å². The monoisotopic (exact) mass is 222 g/mol. The van der Waals surface area contributed by atoms with Crippen LogP contribution in [0.15, 0.2) is 24.3 Å². The van der Waals surface area contributed by atoms with Crippen LogP contribution in [0.5, 0.6) is 5.75 Å². The van der Waals surface area contributed by atoms with Gasteiger partial charge < -0.3 is 14.9 Å². The predicted octanol–water partition coefficient (Wildman–Crippen LogP) is 1.03. The summed E-state index contributed by atoms with van der Waals surface area (Å²) in [5.41, 5.74) is -0.300. The molecule has 0 saturated heterocycles. The highest BCUT2D eigenvalue weighted by atomic mass is 16.5. The number of hydrogen-bond donors (Lipinski definition) is 2. The van der Waals surface area contributed by atoms with E-state index < -0.39 is 11.4 Å². The van der Waals surface area contributed by atoms with Gasteiger partial charge in [0.1, 0.15) is 11.2 Å². The van der Waals surface area contributed by atoms with E-state index in [0.717, 1.165) is 0 Å². The fraction of sp³-hybridized carbons (Fsp3) is 0.417. The van der Waals surface area contributed by atoms with Gasteiger partial charge in [-0.25, -0.2) is 0 Å². The number of methoxy groups -OCH3 is 1. The normalized spacial score (nSPS) is 27.5. The Morgan fingerprint density at radius 2 is 2.25 bits per heavy atom. The molecule has 0 bridgehead atoms. The number of hydrogen-bond acceptors (Lipinski definition) is 3. The molecular weight excluding hydrogens is 208 g/mol. The second-order valence-corrected chi connectivity index (χ2v) is 4.06. The average Bonchev–Trinajstić information content (AvgIpc) is 3.04. The van der Waals surface area contributed by atoms with Crippen LogP contribution >= 0.6 is 0 Å². The Morgan fingerprint density at radius 1 is 1.56 bits per heavy atom. The third-order valence-corrected chi connectivity index (χ3v) is 3.29. The average molecular weight is 222 g/mol. The molecule has 1 aliphatic carbocycles. The molecule has 2 atom stereocenters. The van der Waals surface area contributed by atoms with Gasteiger partial charge in [0, 0.05) is 18.1 Å². The molecule has 2 unspecified atom stereocenters. The van der Waals surface area contributed by atoms with Gasteiger partial charge in [-0.05, 0) is 12.5 Å². The van der Waals surface area contributed by atoms with Crippen LogP contribution in [0.1, 0.15) is 12.0 Å². The van der Waals surface area contributed by atoms with E-state index in [1.807, 2.05) is 0 Å². The van der Waals surface area contributed by atoms with Gasteiger partial charge in [0.05, 0.1) is 7.11 Å². The van der Waals surface area contributed by atoms with Crippen LogP contribution in [-0.2, 0) is 10.2 Å². The highest BCUT2D eigenvalue weighted by Crippen LogP contribution is 2.56. The molecule has 1 aromatic carbocycles. The summed E-state index contributed by atoms with van der Waals surface area (Å²) in [6, 6.07) is 7.08. The number of rotatable bonds is 4. The van der Waals surface area contributed by atoms with Crippen LogP contribution < -0.4 is 4.74 Å². The van der Waals surface area contributed by atoms with Gasteiger partial charge in [-0.15, -0.1) is 0 Å². The van der Waals surface area contributed by atoms with Gasteiger partial charge in [0.25, 0.3) is 0 Å². The SMILES string of the molecule is COc1ccccc1C1(C(=O)O)CC1CO. The molecule has 2 rings (SSSR count). The zero-order valence-electron chi connectivity index (χ0n) is 9.01. The molecule has 4 nitrogen and oxygen atoms in total. The molecule has 0 aromatic heterocycles. The molecule has 0 spiro atoms. The van der Waals surface area contributed by atoms with E-state index in [9.17, 15) is 9.90 Å². The van der Waals surface area contributed by atoms with Crippen molar-refractivity contribution >= 4 is 5.97 Å². The van der Waals surface area contributed by atoms with Crippen molar-refractivity contribution in [2.45, 2.75) is 11.8 Å². The molecule has 1 aromatic rings. The van der Waals surface area contributed by atoms with Crippen molar-refractivity contribution in [3.8, 4) is 5.75 Å². The molecule has 0 aliphatic heterocycles. The summed E-state index contributed by atoms with van der Waals surface area (Å²) < 4.78 is 5.17. The fourth-order valence-corrected chi connectivity index (χ4v) is 2.27. The largest absolute Gasteiger partial charge is 0.496 e. The minimum absolute atomic E-state index is 0.107. The molecule has 1 fully saturated rings. The minimum Gasteiger partial charge on any atom is -0.496 e. The first kappa shape index (κ1) is 11.0. The Bertz CT molecular complexity index is 415. The third kappa shape index (κ3) is 1.38. The van der Waals surface area contributed by atoms with Crippen molar-refractivity contribution in [1.82, 2.24) is 0 Å². The van der Waals surface area contributed by atoms with Crippen LogP contribution in [-0.4, -0.2) is 29.9 Å². The van der Waals surface area contributed by atoms with E-state index in [2.05, 4.69) is 0 Å². The van der Waals surface area contributed by atoms with Crippen LogP contribution in [0.2, 0.25) is 0 Å². The maximum absolute atomic E-state index is 11.4. The van der Waals surface area contributed by atoms with E-state index in [1.54, 1.807) is 24.3 Å². The van der Waals surface area contributed by atoms with Crippen LogP contribution in [0.25, 0.3) is 0 Å². The molecular formula is C12H14O4. The highest BCUT2D eigenvalue weighted by Gasteiger charge is 2.62. The molecule has 0 heterocycles. The molecule has 4 heteroatoms. The third-order valence-electron chi connectivity index (χ3n) is 3.29. The number of carboxylic acids is 1. The second kappa shape index (κ2) is 3.79. The summed E-state index contributed by atoms with van der Waals surface area (Å²) in [5, 5.41) is 18.4. The zero-order valence-corrected chi connectivity index (χ0v) is 9.01. The lowest BCUT2D eigenvalue weighted by molar-refractivity contribution is -0.140. The van der Waals surface area contributed by atoms with Crippen LogP contribution in [0.3, 0.4) is 0 Å². The Morgan fingerprint density at radius 3 is 2.75 bits per heavy atom. The minimum atomic E-state index is -0.957. The summed E-state index contributed by atoms with van der Waals surface area (Å²) in [6.45, 7) is -0.107. The van der Waals surface area contributed by atoms with Crippen LogP contribution in [0, 0.1) is 5.92 Å². The van der Waals surface area contributed by atoms with Crippen molar-refractivity contribution in [2.75, 3.05) is 13.7 Å². The molecule has 1 saturated carbocycles. The summed E-state index contributed by atoms with van der Waals surface area (Å²) >= 11 is 0. The lowest BCUT2D eigenvalue weighted by Crippen LogP contribution is -2.24. The first-order valence-corrected chi connectivity index (χ1v) is 5.14. The highest BCUT2D eigenvalue weighted by molar-refractivity contribution is 5.87. The zero-order chi connectivity index (χ0) is 11.8. The van der Waals surface area contributed by atoms with Gasteiger partial charge in [-0.2, -0.15) is 0 Å². The van der Waals surface area contributed by atoms with Crippen LogP contribution in [0.4, 0.5) is 0 Å². The first-order valence-electron chi connectivity index (χ1n) is 5.14. The van der Waals surface area contributed by atoms with E-state index in [4.69, 9.17) is 9.84 Å². The number of aliphatic hydroxyl groups is 1. The lowest BCUT2D eigenvalue weighted by Gasteiger charge is -2.15. The topological polar surface area (TPSA) is 66.8 Å². The number of aliphatic hydroxyl groups excluding tert-OH is 1. The van der Waals surface area contributed by atoms with Crippen molar-refractivity contribution in [3.05, 3.63) is 29.8 Å². The fourth-order valence-electron chi connectivity index (χ4n) is 2.27. The summed E-state index contributed by atoms with van der Waals surface area (Å²) in [5.74, 6) is -0.529. The number of benzene rings is 1. The standard InChI is InChI=1S/C12H14O4/c1-16-10-5-3-2-4-9(10)12(11(14)15)6-8(12)7-13/h2-5,8,13H,6-7H2,1H3,(H,14,15). The number of carbonyl (C=O) groups is 1. The molecule has 16 heavy (non-hydrogen) atoms. The molecule has 1 aliphatic rings.